The van der Waals surface area contributed by atoms with Crippen LogP contribution in [0.3, 0.4) is 0 Å². The van der Waals surface area contributed by atoms with Crippen LogP contribution in [-0.2, 0) is 14.6 Å². The number of carbonyl (C=O) groups excluding carboxylic acids is 1. The molecule has 1 heterocycles. The molecule has 0 aromatic heterocycles. The molecule has 25 heavy (non-hydrogen) atoms. The SMILES string of the molecule is CCN(C(=O)CC(c1ccc(OC)cc1)C1CC1)C1CCS(=O)(=O)C1. The van der Waals surface area contributed by atoms with Crippen LogP contribution in [0.1, 0.15) is 44.1 Å². The number of sulfone groups is 1. The third-order valence-electron chi connectivity index (χ3n) is 5.44. The Morgan fingerprint density at radius 2 is 1.92 bits per heavy atom. The van der Waals surface area contributed by atoms with Crippen molar-refractivity contribution in [2.75, 3.05) is 25.2 Å². The molecule has 6 heteroatoms. The first-order valence-electron chi connectivity index (χ1n) is 9.07. The molecule has 0 N–H and O–H groups in total. The lowest BCUT2D eigenvalue weighted by Crippen LogP contribution is -2.41. The lowest BCUT2D eigenvalue weighted by Gasteiger charge is -2.29. The van der Waals surface area contributed by atoms with Crippen molar-refractivity contribution in [1.82, 2.24) is 4.90 Å². The van der Waals surface area contributed by atoms with Gasteiger partial charge >= 0.3 is 0 Å². The Hall–Kier alpha value is -1.56. The molecule has 1 amide bonds. The highest BCUT2D eigenvalue weighted by molar-refractivity contribution is 7.91. The van der Waals surface area contributed by atoms with Crippen LogP contribution in [0.4, 0.5) is 0 Å². The van der Waals surface area contributed by atoms with Gasteiger partial charge < -0.3 is 9.64 Å². The Kier molecular flexibility index (Phi) is 5.37. The van der Waals surface area contributed by atoms with E-state index in [0.29, 0.717) is 25.3 Å². The first kappa shape index (κ1) is 18.2. The van der Waals surface area contributed by atoms with Crippen LogP contribution in [0, 0.1) is 5.92 Å². The zero-order chi connectivity index (χ0) is 18.0. The minimum atomic E-state index is -2.98. The Balaban J connectivity index is 1.71. The third-order valence-corrected chi connectivity index (χ3v) is 7.19. The van der Waals surface area contributed by atoms with Gasteiger partial charge in [0.2, 0.25) is 5.91 Å². The standard InChI is InChI=1S/C19H27NO4S/c1-3-20(16-10-11-25(22,23)13-16)19(21)12-18(14-4-5-14)15-6-8-17(24-2)9-7-15/h6-9,14,16,18H,3-5,10-13H2,1-2H3. The molecular formula is C19H27NO4S. The maximum absolute atomic E-state index is 12.9. The fourth-order valence-electron chi connectivity index (χ4n) is 3.87. The van der Waals surface area contributed by atoms with Crippen LogP contribution < -0.4 is 4.74 Å². The molecule has 2 unspecified atom stereocenters. The van der Waals surface area contributed by atoms with Crippen molar-refractivity contribution in [3.8, 4) is 5.75 Å². The first-order chi connectivity index (χ1) is 11.9. The summed E-state index contributed by atoms with van der Waals surface area (Å²) in [5.74, 6) is 1.98. The summed E-state index contributed by atoms with van der Waals surface area (Å²) in [6, 6.07) is 7.82. The zero-order valence-electron chi connectivity index (χ0n) is 15.0. The van der Waals surface area contributed by atoms with Gasteiger partial charge in [0.05, 0.1) is 18.6 Å². The number of nitrogens with zero attached hydrogens (tertiary/aromatic N) is 1. The summed E-state index contributed by atoms with van der Waals surface area (Å²) in [6.45, 7) is 2.50. The first-order valence-corrected chi connectivity index (χ1v) is 10.9. The smallest absolute Gasteiger partial charge is 0.223 e. The molecule has 1 aromatic carbocycles. The quantitative estimate of drug-likeness (QED) is 0.745. The molecule has 1 aliphatic carbocycles. The van der Waals surface area contributed by atoms with Gasteiger partial charge in [-0.3, -0.25) is 4.79 Å². The largest absolute Gasteiger partial charge is 0.497 e. The van der Waals surface area contributed by atoms with E-state index in [1.807, 2.05) is 31.2 Å². The molecule has 0 spiro atoms. The number of rotatable bonds is 7. The number of carbonyl (C=O) groups is 1. The third kappa shape index (κ3) is 4.35. The molecule has 1 saturated carbocycles. The van der Waals surface area contributed by atoms with Crippen molar-refractivity contribution in [3.05, 3.63) is 29.8 Å². The van der Waals surface area contributed by atoms with Gasteiger partial charge in [0.1, 0.15) is 5.75 Å². The highest BCUT2D eigenvalue weighted by Crippen LogP contribution is 2.45. The minimum Gasteiger partial charge on any atom is -0.497 e. The van der Waals surface area contributed by atoms with Crippen LogP contribution in [0.2, 0.25) is 0 Å². The maximum Gasteiger partial charge on any atom is 0.223 e. The fourth-order valence-corrected chi connectivity index (χ4v) is 5.60. The van der Waals surface area contributed by atoms with Crippen molar-refractivity contribution >= 4 is 15.7 Å². The van der Waals surface area contributed by atoms with Crippen molar-refractivity contribution < 1.29 is 17.9 Å². The molecule has 5 nitrogen and oxygen atoms in total. The lowest BCUT2D eigenvalue weighted by molar-refractivity contribution is -0.133. The number of hydrogen-bond donors (Lipinski definition) is 0. The number of methoxy groups -OCH3 is 1. The van der Waals surface area contributed by atoms with Crippen molar-refractivity contribution in [1.29, 1.82) is 0 Å². The van der Waals surface area contributed by atoms with E-state index in [-0.39, 0.29) is 29.4 Å². The van der Waals surface area contributed by atoms with Crippen LogP contribution in [0.15, 0.2) is 24.3 Å². The van der Waals surface area contributed by atoms with Gasteiger partial charge in [0.25, 0.3) is 0 Å². The summed E-state index contributed by atoms with van der Waals surface area (Å²) >= 11 is 0. The summed E-state index contributed by atoms with van der Waals surface area (Å²) in [6.07, 6.45) is 3.35. The van der Waals surface area contributed by atoms with Gasteiger partial charge in [0, 0.05) is 19.0 Å². The van der Waals surface area contributed by atoms with E-state index < -0.39 is 9.84 Å². The van der Waals surface area contributed by atoms with Gasteiger partial charge in [0.15, 0.2) is 9.84 Å². The van der Waals surface area contributed by atoms with Gasteiger partial charge in [-0.15, -0.1) is 0 Å². The molecule has 138 valence electrons. The zero-order valence-corrected chi connectivity index (χ0v) is 15.8. The molecule has 3 rings (SSSR count). The Labute approximate surface area is 150 Å². The average Bonchev–Trinajstić information content (AvgIpc) is 3.37. The number of hydrogen-bond acceptors (Lipinski definition) is 4. The predicted molar refractivity (Wildman–Crippen MR) is 97.5 cm³/mol. The van der Waals surface area contributed by atoms with E-state index in [0.717, 1.165) is 18.6 Å². The predicted octanol–water partition coefficient (Wildman–Crippen LogP) is 2.61. The van der Waals surface area contributed by atoms with Crippen LogP contribution in [0.5, 0.6) is 5.75 Å². The normalized spacial score (nSPS) is 23.2. The molecule has 2 fully saturated rings. The van der Waals surface area contributed by atoms with E-state index in [9.17, 15) is 13.2 Å². The van der Waals surface area contributed by atoms with Gasteiger partial charge in [-0.1, -0.05) is 12.1 Å². The second kappa shape index (κ2) is 7.36. The Bertz CT molecular complexity index is 709. The second-order valence-corrected chi connectivity index (χ2v) is 9.39. The van der Waals surface area contributed by atoms with Crippen LogP contribution in [0.25, 0.3) is 0 Å². The topological polar surface area (TPSA) is 63.7 Å². The Morgan fingerprint density at radius 1 is 1.24 bits per heavy atom. The molecule has 2 aliphatic rings. The fraction of sp³-hybridized carbons (Fsp3) is 0.632. The molecule has 1 aromatic rings. The van der Waals surface area contributed by atoms with Crippen LogP contribution >= 0.6 is 0 Å². The Morgan fingerprint density at radius 3 is 2.40 bits per heavy atom. The van der Waals surface area contributed by atoms with Gasteiger partial charge in [-0.2, -0.15) is 0 Å². The minimum absolute atomic E-state index is 0.0809. The van der Waals surface area contributed by atoms with Crippen molar-refractivity contribution in [3.63, 3.8) is 0 Å². The highest BCUT2D eigenvalue weighted by atomic mass is 32.2. The monoisotopic (exact) mass is 365 g/mol. The van der Waals surface area contributed by atoms with E-state index in [1.54, 1.807) is 12.0 Å². The molecule has 0 bridgehead atoms. The van der Waals surface area contributed by atoms with E-state index in [2.05, 4.69) is 0 Å². The summed E-state index contributed by atoms with van der Waals surface area (Å²) in [4.78, 5) is 14.7. The van der Waals surface area contributed by atoms with Crippen LogP contribution in [-0.4, -0.2) is 50.4 Å². The average molecular weight is 365 g/mol. The van der Waals surface area contributed by atoms with E-state index in [1.165, 1.54) is 5.56 Å². The summed E-state index contributed by atoms with van der Waals surface area (Å²) < 4.78 is 28.7. The van der Waals surface area contributed by atoms with Crippen molar-refractivity contribution in [2.45, 2.75) is 44.6 Å². The molecule has 0 radical (unpaired) electrons. The molecule has 1 saturated heterocycles. The summed E-state index contributed by atoms with van der Waals surface area (Å²) in [7, 11) is -1.34. The number of amides is 1. The molecular weight excluding hydrogens is 338 g/mol. The molecule has 2 atom stereocenters. The van der Waals surface area contributed by atoms with Crippen molar-refractivity contribution in [2.24, 2.45) is 5.92 Å². The summed E-state index contributed by atoms with van der Waals surface area (Å²) in [5, 5.41) is 0. The highest BCUT2D eigenvalue weighted by Gasteiger charge is 2.38. The van der Waals surface area contributed by atoms with E-state index in [4.69, 9.17) is 4.74 Å². The lowest BCUT2D eigenvalue weighted by atomic mass is 9.90. The second-order valence-electron chi connectivity index (χ2n) is 7.16. The number of ether oxygens (including phenoxy) is 1. The van der Waals surface area contributed by atoms with Gasteiger partial charge in [-0.25, -0.2) is 8.42 Å². The number of benzene rings is 1. The van der Waals surface area contributed by atoms with E-state index >= 15 is 0 Å². The summed E-state index contributed by atoms with van der Waals surface area (Å²) in [5.41, 5.74) is 1.17. The van der Waals surface area contributed by atoms with Gasteiger partial charge in [-0.05, 0) is 55.7 Å². The maximum atomic E-state index is 12.9. The molecule has 1 aliphatic heterocycles.